The number of nitrogens with zero attached hydrogens (tertiary/aromatic N) is 1. The molecule has 0 fully saturated rings. The van der Waals surface area contributed by atoms with Gasteiger partial charge in [0.05, 0.1) is 38.6 Å². The number of imide groups is 1. The summed E-state index contributed by atoms with van der Waals surface area (Å²) in [5.74, 6) is 0.458. The van der Waals surface area contributed by atoms with Gasteiger partial charge in [0.1, 0.15) is 17.2 Å². The van der Waals surface area contributed by atoms with Crippen molar-refractivity contribution in [1.29, 1.82) is 0 Å². The van der Waals surface area contributed by atoms with Crippen LogP contribution in [0.25, 0.3) is 5.57 Å². The standard InChI is InChI=1S/C21H22N2O5/c1-26-13-12-23-20(24)18(14-8-10-15(27-2)11-9-14)19(21(23)25)22-16-6-4-5-7-17(16)28-3/h4-11,22H,12-13H2,1-3H3. The molecule has 0 spiro atoms. The van der Waals surface area contributed by atoms with Gasteiger partial charge in [-0.1, -0.05) is 24.3 Å². The maximum absolute atomic E-state index is 13.0. The SMILES string of the molecule is COCCN1C(=O)C(Nc2ccccc2OC)=C(c2ccc(OC)cc2)C1=O. The molecular weight excluding hydrogens is 360 g/mol. The van der Waals surface area contributed by atoms with Gasteiger partial charge >= 0.3 is 0 Å². The number of nitrogens with one attached hydrogen (secondary N) is 1. The number of ether oxygens (including phenoxy) is 3. The number of rotatable bonds is 8. The number of para-hydroxylation sites is 2. The van der Waals surface area contributed by atoms with E-state index in [1.54, 1.807) is 50.6 Å². The van der Waals surface area contributed by atoms with Gasteiger partial charge in [0.25, 0.3) is 11.8 Å². The first-order valence-electron chi connectivity index (χ1n) is 8.74. The van der Waals surface area contributed by atoms with Crippen LogP contribution in [-0.2, 0) is 14.3 Å². The Bertz CT molecular complexity index is 905. The summed E-state index contributed by atoms with van der Waals surface area (Å²) in [4.78, 5) is 27.2. The maximum atomic E-state index is 13.0. The minimum Gasteiger partial charge on any atom is -0.497 e. The molecule has 0 aliphatic carbocycles. The molecule has 0 radical (unpaired) electrons. The predicted molar refractivity (Wildman–Crippen MR) is 105 cm³/mol. The van der Waals surface area contributed by atoms with Gasteiger partial charge in [0, 0.05) is 7.11 Å². The third-order valence-corrected chi connectivity index (χ3v) is 4.43. The van der Waals surface area contributed by atoms with Crippen LogP contribution in [0.4, 0.5) is 5.69 Å². The quantitative estimate of drug-likeness (QED) is 0.707. The zero-order valence-corrected chi connectivity index (χ0v) is 16.0. The Labute approximate surface area is 163 Å². The molecule has 7 heteroatoms. The van der Waals surface area contributed by atoms with Crippen molar-refractivity contribution in [2.45, 2.75) is 0 Å². The van der Waals surface area contributed by atoms with E-state index in [2.05, 4.69) is 5.32 Å². The largest absolute Gasteiger partial charge is 0.497 e. The van der Waals surface area contributed by atoms with Crippen LogP contribution in [0.15, 0.2) is 54.2 Å². The minimum absolute atomic E-state index is 0.172. The van der Waals surface area contributed by atoms with Crippen LogP contribution in [0.2, 0.25) is 0 Å². The van der Waals surface area contributed by atoms with Crippen LogP contribution in [0.3, 0.4) is 0 Å². The summed E-state index contributed by atoms with van der Waals surface area (Å²) in [6, 6.07) is 14.2. The van der Waals surface area contributed by atoms with Crippen molar-refractivity contribution in [3.8, 4) is 11.5 Å². The molecule has 146 valence electrons. The first-order valence-corrected chi connectivity index (χ1v) is 8.74. The van der Waals surface area contributed by atoms with E-state index in [1.165, 1.54) is 12.0 Å². The van der Waals surface area contributed by atoms with Crippen LogP contribution >= 0.6 is 0 Å². The molecule has 3 rings (SSSR count). The molecule has 0 unspecified atom stereocenters. The summed E-state index contributed by atoms with van der Waals surface area (Å²) < 4.78 is 15.6. The van der Waals surface area contributed by atoms with E-state index < -0.39 is 5.91 Å². The van der Waals surface area contributed by atoms with E-state index in [1.807, 2.05) is 12.1 Å². The third kappa shape index (κ3) is 3.70. The average molecular weight is 382 g/mol. The lowest BCUT2D eigenvalue weighted by atomic mass is 10.0. The lowest BCUT2D eigenvalue weighted by Gasteiger charge is -2.15. The molecule has 1 heterocycles. The average Bonchev–Trinajstić information content (AvgIpc) is 2.96. The van der Waals surface area contributed by atoms with Crippen molar-refractivity contribution in [3.05, 3.63) is 59.8 Å². The number of benzene rings is 2. The number of amides is 2. The van der Waals surface area contributed by atoms with Crippen LogP contribution in [0.1, 0.15) is 5.56 Å². The number of hydrogen-bond donors (Lipinski definition) is 1. The molecule has 2 aromatic carbocycles. The second kappa shape index (κ2) is 8.58. The van der Waals surface area contributed by atoms with Gasteiger partial charge in [-0.2, -0.15) is 0 Å². The van der Waals surface area contributed by atoms with Crippen LogP contribution in [0, 0.1) is 0 Å². The van der Waals surface area contributed by atoms with Gasteiger partial charge in [0.15, 0.2) is 0 Å². The van der Waals surface area contributed by atoms with Gasteiger partial charge in [0.2, 0.25) is 0 Å². The number of methoxy groups -OCH3 is 3. The van der Waals surface area contributed by atoms with Crippen molar-refractivity contribution in [1.82, 2.24) is 4.90 Å². The van der Waals surface area contributed by atoms with Crippen LogP contribution in [0.5, 0.6) is 11.5 Å². The van der Waals surface area contributed by atoms with Gasteiger partial charge in [-0.15, -0.1) is 0 Å². The molecule has 0 saturated carbocycles. The van der Waals surface area contributed by atoms with E-state index in [0.717, 1.165) is 0 Å². The van der Waals surface area contributed by atoms with E-state index in [0.29, 0.717) is 28.3 Å². The van der Waals surface area contributed by atoms with Gasteiger partial charge in [-0.3, -0.25) is 14.5 Å². The Morgan fingerprint density at radius 3 is 2.25 bits per heavy atom. The smallest absolute Gasteiger partial charge is 0.278 e. The molecule has 0 aromatic heterocycles. The van der Waals surface area contributed by atoms with Crippen molar-refractivity contribution >= 4 is 23.1 Å². The molecule has 0 atom stereocenters. The van der Waals surface area contributed by atoms with E-state index in [4.69, 9.17) is 14.2 Å². The number of carbonyl (C=O) groups excluding carboxylic acids is 2. The lowest BCUT2D eigenvalue weighted by Crippen LogP contribution is -2.35. The second-order valence-corrected chi connectivity index (χ2v) is 6.06. The molecule has 2 amide bonds. The molecule has 1 aliphatic heterocycles. The van der Waals surface area contributed by atoms with Crippen LogP contribution in [-0.4, -0.2) is 51.2 Å². The fourth-order valence-corrected chi connectivity index (χ4v) is 2.99. The first kappa shape index (κ1) is 19.4. The Morgan fingerprint density at radius 1 is 0.893 bits per heavy atom. The highest BCUT2D eigenvalue weighted by atomic mass is 16.5. The molecule has 0 saturated heterocycles. The van der Waals surface area contributed by atoms with E-state index >= 15 is 0 Å². The molecule has 28 heavy (non-hydrogen) atoms. The highest BCUT2D eigenvalue weighted by Crippen LogP contribution is 2.33. The van der Waals surface area contributed by atoms with Crippen molar-refractivity contribution in [2.75, 3.05) is 39.8 Å². The molecule has 2 aromatic rings. The summed E-state index contributed by atoms with van der Waals surface area (Å²) in [6.45, 7) is 0.431. The number of anilines is 1. The lowest BCUT2D eigenvalue weighted by molar-refractivity contribution is -0.137. The predicted octanol–water partition coefficient (Wildman–Crippen LogP) is 2.54. The topological polar surface area (TPSA) is 77.1 Å². The highest BCUT2D eigenvalue weighted by molar-refractivity contribution is 6.36. The number of hydrogen-bond acceptors (Lipinski definition) is 6. The van der Waals surface area contributed by atoms with E-state index in [-0.39, 0.29) is 24.8 Å². The minimum atomic E-state index is -0.404. The van der Waals surface area contributed by atoms with Gasteiger partial charge in [-0.25, -0.2) is 0 Å². The van der Waals surface area contributed by atoms with Crippen LogP contribution < -0.4 is 14.8 Å². The Kier molecular flexibility index (Phi) is 5.96. The maximum Gasteiger partial charge on any atom is 0.278 e. The summed E-state index contributed by atoms with van der Waals surface area (Å²) >= 11 is 0. The van der Waals surface area contributed by atoms with Gasteiger partial charge < -0.3 is 19.5 Å². The summed E-state index contributed by atoms with van der Waals surface area (Å²) in [7, 11) is 4.64. The second-order valence-electron chi connectivity index (χ2n) is 6.06. The normalized spacial score (nSPS) is 13.9. The summed E-state index contributed by atoms with van der Waals surface area (Å²) in [5, 5.41) is 3.09. The Morgan fingerprint density at radius 2 is 1.61 bits per heavy atom. The zero-order chi connectivity index (χ0) is 20.1. The first-order chi connectivity index (χ1) is 13.6. The third-order valence-electron chi connectivity index (χ3n) is 4.43. The fourth-order valence-electron chi connectivity index (χ4n) is 2.99. The molecule has 0 bridgehead atoms. The molecular formula is C21H22N2O5. The fraction of sp³-hybridized carbons (Fsp3) is 0.238. The zero-order valence-electron chi connectivity index (χ0n) is 16.0. The number of carbonyl (C=O) groups is 2. The van der Waals surface area contributed by atoms with Gasteiger partial charge in [-0.05, 0) is 29.8 Å². The summed E-state index contributed by atoms with van der Waals surface area (Å²) in [6.07, 6.45) is 0. The van der Waals surface area contributed by atoms with Crippen molar-refractivity contribution < 1.29 is 23.8 Å². The monoisotopic (exact) mass is 382 g/mol. The summed E-state index contributed by atoms with van der Waals surface area (Å²) in [5.41, 5.74) is 1.72. The Hall–Kier alpha value is -3.32. The highest BCUT2D eigenvalue weighted by Gasteiger charge is 2.39. The molecule has 1 N–H and O–H groups in total. The molecule has 1 aliphatic rings. The molecule has 7 nitrogen and oxygen atoms in total. The Balaban J connectivity index is 2.05. The van der Waals surface area contributed by atoms with E-state index in [9.17, 15) is 9.59 Å². The van der Waals surface area contributed by atoms with Crippen molar-refractivity contribution in [2.24, 2.45) is 0 Å². The van der Waals surface area contributed by atoms with Crippen molar-refractivity contribution in [3.63, 3.8) is 0 Å².